The Morgan fingerprint density at radius 2 is 2.06 bits per heavy atom. The Morgan fingerprint density at radius 3 is 2.79 bits per heavy atom. The van der Waals surface area contributed by atoms with Gasteiger partial charge in [0.2, 0.25) is 0 Å². The van der Waals surface area contributed by atoms with E-state index in [-0.39, 0.29) is 24.8 Å². The number of hydrogen-bond donors (Lipinski definition) is 2. The molecule has 0 spiro atoms. The standard InChI is InChI=1S/C23H18N6O5/c1-33-14-3-2-13-10-29(20(30)15(13)8-14)11-23(21(31)26-22(32)27-23)18-9-16-17(34-18)4-5-19(25-16)28-7-6-24-12-28/h2-9,12H,10-11H2,1H3,(H2,26,27,31,32). The summed E-state index contributed by atoms with van der Waals surface area (Å²) in [5.74, 6) is 0.493. The minimum absolute atomic E-state index is 0.116. The lowest BCUT2D eigenvalue weighted by Crippen LogP contribution is -2.52. The van der Waals surface area contributed by atoms with Gasteiger partial charge in [0.15, 0.2) is 11.1 Å². The van der Waals surface area contributed by atoms with E-state index >= 15 is 0 Å². The highest BCUT2D eigenvalue weighted by molar-refractivity contribution is 6.08. The maximum absolute atomic E-state index is 13.1. The summed E-state index contributed by atoms with van der Waals surface area (Å²) < 4.78 is 12.9. The first-order valence-corrected chi connectivity index (χ1v) is 10.5. The number of nitrogens with zero attached hydrogens (tertiary/aromatic N) is 4. The predicted octanol–water partition coefficient (Wildman–Crippen LogP) is 1.71. The molecule has 6 rings (SSSR count). The van der Waals surface area contributed by atoms with Crippen molar-refractivity contribution < 1.29 is 23.5 Å². The lowest BCUT2D eigenvalue weighted by molar-refractivity contribution is -0.125. The predicted molar refractivity (Wildman–Crippen MR) is 117 cm³/mol. The Kier molecular flexibility index (Phi) is 4.21. The molecule has 0 radical (unpaired) electrons. The molecule has 1 aromatic carbocycles. The number of benzene rings is 1. The highest BCUT2D eigenvalue weighted by Gasteiger charge is 2.53. The third-order valence-electron chi connectivity index (χ3n) is 6.11. The fraction of sp³-hybridized carbons (Fsp3) is 0.174. The van der Waals surface area contributed by atoms with E-state index in [2.05, 4.69) is 20.6 Å². The van der Waals surface area contributed by atoms with E-state index in [9.17, 15) is 14.4 Å². The number of ether oxygens (including phenoxy) is 1. The fourth-order valence-corrected chi connectivity index (χ4v) is 4.40. The third-order valence-corrected chi connectivity index (χ3v) is 6.11. The summed E-state index contributed by atoms with van der Waals surface area (Å²) in [4.78, 5) is 48.5. The number of nitrogens with one attached hydrogen (secondary N) is 2. The van der Waals surface area contributed by atoms with Crippen molar-refractivity contribution in [3.63, 3.8) is 0 Å². The first-order chi connectivity index (χ1) is 16.5. The zero-order valence-corrected chi connectivity index (χ0v) is 17.9. The zero-order valence-electron chi connectivity index (χ0n) is 17.9. The van der Waals surface area contributed by atoms with Gasteiger partial charge in [0.25, 0.3) is 11.8 Å². The molecule has 34 heavy (non-hydrogen) atoms. The van der Waals surface area contributed by atoms with Crippen LogP contribution in [0.2, 0.25) is 0 Å². The molecule has 4 amide bonds. The van der Waals surface area contributed by atoms with Crippen molar-refractivity contribution in [2.75, 3.05) is 13.7 Å². The number of imidazole rings is 1. The van der Waals surface area contributed by atoms with Crippen molar-refractivity contribution in [2.45, 2.75) is 12.1 Å². The van der Waals surface area contributed by atoms with Gasteiger partial charge in [-0.1, -0.05) is 6.07 Å². The highest BCUT2D eigenvalue weighted by atomic mass is 16.5. The number of hydrogen-bond acceptors (Lipinski definition) is 7. The molecule has 4 aromatic rings. The van der Waals surface area contributed by atoms with Crippen molar-refractivity contribution in [1.82, 2.24) is 30.1 Å². The molecule has 0 bridgehead atoms. The van der Waals surface area contributed by atoms with Gasteiger partial charge < -0.3 is 19.4 Å². The Morgan fingerprint density at radius 1 is 1.18 bits per heavy atom. The molecule has 5 heterocycles. The van der Waals surface area contributed by atoms with Gasteiger partial charge in [-0.2, -0.15) is 0 Å². The SMILES string of the molecule is COc1ccc2c(c1)C(=O)N(CC1(c3cc4nc(-n5ccnc5)ccc4o3)NC(=O)NC1=O)C2. The molecule has 1 fully saturated rings. The fourth-order valence-electron chi connectivity index (χ4n) is 4.40. The van der Waals surface area contributed by atoms with Crippen LogP contribution in [0.4, 0.5) is 4.79 Å². The first kappa shape index (κ1) is 20.0. The number of aromatic nitrogens is 3. The van der Waals surface area contributed by atoms with Crippen LogP contribution in [0, 0.1) is 0 Å². The lowest BCUT2D eigenvalue weighted by Gasteiger charge is -2.28. The summed E-state index contributed by atoms with van der Waals surface area (Å²) in [7, 11) is 1.53. The van der Waals surface area contributed by atoms with Gasteiger partial charge in [-0.05, 0) is 29.8 Å². The van der Waals surface area contributed by atoms with Crippen LogP contribution in [-0.2, 0) is 16.9 Å². The van der Waals surface area contributed by atoms with Gasteiger partial charge in [0, 0.05) is 30.6 Å². The number of pyridine rings is 1. The van der Waals surface area contributed by atoms with E-state index < -0.39 is 17.5 Å². The summed E-state index contributed by atoms with van der Waals surface area (Å²) in [6.45, 7) is 0.168. The average molecular weight is 458 g/mol. The first-order valence-electron chi connectivity index (χ1n) is 10.5. The molecule has 0 saturated carbocycles. The van der Waals surface area contributed by atoms with Crippen LogP contribution in [0.5, 0.6) is 5.75 Å². The second-order valence-electron chi connectivity index (χ2n) is 8.13. The van der Waals surface area contributed by atoms with Crippen LogP contribution in [0.15, 0.2) is 59.5 Å². The minimum Gasteiger partial charge on any atom is -0.497 e. The van der Waals surface area contributed by atoms with Crippen LogP contribution in [0.3, 0.4) is 0 Å². The maximum Gasteiger partial charge on any atom is 0.322 e. The molecular weight excluding hydrogens is 440 g/mol. The molecular formula is C23H18N6O5. The Hall–Kier alpha value is -4.67. The van der Waals surface area contributed by atoms with Crippen molar-refractivity contribution in [2.24, 2.45) is 0 Å². The van der Waals surface area contributed by atoms with Gasteiger partial charge in [0.05, 0.1) is 13.7 Å². The Labute approximate surface area is 192 Å². The topological polar surface area (TPSA) is 132 Å². The second kappa shape index (κ2) is 7.17. The summed E-state index contributed by atoms with van der Waals surface area (Å²) in [6.07, 6.45) is 5.01. The number of furan rings is 1. The van der Waals surface area contributed by atoms with Gasteiger partial charge in [-0.15, -0.1) is 0 Å². The number of amides is 4. The molecule has 1 atom stereocenters. The number of urea groups is 1. The van der Waals surface area contributed by atoms with E-state index in [0.29, 0.717) is 28.2 Å². The zero-order chi connectivity index (χ0) is 23.4. The van der Waals surface area contributed by atoms with Gasteiger partial charge >= 0.3 is 6.03 Å². The summed E-state index contributed by atoms with van der Waals surface area (Å²) in [5, 5.41) is 4.95. The Balaban J connectivity index is 1.39. The highest BCUT2D eigenvalue weighted by Crippen LogP contribution is 2.34. The molecule has 3 aromatic heterocycles. The number of rotatable bonds is 5. The van der Waals surface area contributed by atoms with Crippen LogP contribution in [-0.4, -0.2) is 50.9 Å². The number of fused-ring (bicyclic) bond motifs is 2. The number of carbonyl (C=O) groups excluding carboxylic acids is 3. The quantitative estimate of drug-likeness (QED) is 0.435. The van der Waals surface area contributed by atoms with Crippen LogP contribution < -0.4 is 15.4 Å². The van der Waals surface area contributed by atoms with Crippen LogP contribution >= 0.6 is 0 Å². The molecule has 0 aliphatic carbocycles. The van der Waals surface area contributed by atoms with Gasteiger partial charge in [0.1, 0.15) is 29.2 Å². The van der Waals surface area contributed by atoms with Crippen LogP contribution in [0.1, 0.15) is 21.7 Å². The van der Waals surface area contributed by atoms with Crippen molar-refractivity contribution in [1.29, 1.82) is 0 Å². The minimum atomic E-state index is -1.60. The third kappa shape index (κ3) is 2.94. The second-order valence-corrected chi connectivity index (χ2v) is 8.13. The molecule has 1 saturated heterocycles. The summed E-state index contributed by atoms with van der Waals surface area (Å²) >= 11 is 0. The molecule has 2 aliphatic rings. The van der Waals surface area contributed by atoms with Crippen molar-refractivity contribution >= 4 is 28.9 Å². The normalized spacial score (nSPS) is 19.4. The molecule has 1 unspecified atom stereocenters. The molecule has 2 aliphatic heterocycles. The van der Waals surface area contributed by atoms with Gasteiger partial charge in [-0.25, -0.2) is 14.8 Å². The van der Waals surface area contributed by atoms with E-state index in [0.717, 1.165) is 5.56 Å². The number of carbonyl (C=O) groups is 3. The Bertz CT molecular complexity index is 1480. The molecule has 2 N–H and O–H groups in total. The van der Waals surface area contributed by atoms with Crippen LogP contribution in [0.25, 0.3) is 16.9 Å². The lowest BCUT2D eigenvalue weighted by atomic mass is 9.95. The number of imide groups is 1. The summed E-state index contributed by atoms with van der Waals surface area (Å²) in [6, 6.07) is 9.69. The molecule has 11 heteroatoms. The van der Waals surface area contributed by atoms with E-state index in [1.165, 1.54) is 12.0 Å². The average Bonchev–Trinajstić information content (AvgIpc) is 3.61. The van der Waals surface area contributed by atoms with Gasteiger partial charge in [-0.3, -0.25) is 19.5 Å². The maximum atomic E-state index is 13.1. The largest absolute Gasteiger partial charge is 0.497 e. The smallest absolute Gasteiger partial charge is 0.322 e. The monoisotopic (exact) mass is 458 g/mol. The van der Waals surface area contributed by atoms with Crippen molar-refractivity contribution in [3.8, 4) is 11.6 Å². The van der Waals surface area contributed by atoms with E-state index in [4.69, 9.17) is 9.15 Å². The number of methoxy groups -OCH3 is 1. The van der Waals surface area contributed by atoms with E-state index in [1.807, 2.05) is 6.07 Å². The van der Waals surface area contributed by atoms with E-state index in [1.54, 1.807) is 53.6 Å². The van der Waals surface area contributed by atoms with Crippen molar-refractivity contribution in [3.05, 3.63) is 72.0 Å². The summed E-state index contributed by atoms with van der Waals surface area (Å²) in [5.41, 5.74) is 0.634. The molecule has 170 valence electrons. The molecule has 11 nitrogen and oxygen atoms in total.